The second kappa shape index (κ2) is 7.69. The van der Waals surface area contributed by atoms with Gasteiger partial charge in [0.2, 0.25) is 0 Å². The molecule has 3 rings (SSSR count). The van der Waals surface area contributed by atoms with Gasteiger partial charge in [-0.1, -0.05) is 12.1 Å². The summed E-state index contributed by atoms with van der Waals surface area (Å²) in [5.74, 6) is 1.08. The van der Waals surface area contributed by atoms with E-state index in [1.807, 2.05) is 0 Å². The molecule has 2 aromatic heterocycles. The molecule has 2 N–H and O–H groups in total. The third-order valence-electron chi connectivity index (χ3n) is 3.76. The Bertz CT molecular complexity index is 848. The lowest BCUT2D eigenvalue weighted by Gasteiger charge is -2.11. The highest BCUT2D eigenvalue weighted by atomic mass is 16.6. The molecule has 0 aliphatic carbocycles. The number of furan rings is 1. The Hall–Kier alpha value is -3.03. The van der Waals surface area contributed by atoms with Gasteiger partial charge in [-0.05, 0) is 35.9 Å². The summed E-state index contributed by atoms with van der Waals surface area (Å²) >= 11 is 0. The number of hydrogen-bond acceptors (Lipinski definition) is 6. The Morgan fingerprint density at radius 3 is 2.68 bits per heavy atom. The van der Waals surface area contributed by atoms with E-state index in [4.69, 9.17) is 4.42 Å². The van der Waals surface area contributed by atoms with Gasteiger partial charge in [0.25, 0.3) is 5.69 Å². The maximum Gasteiger partial charge on any atom is 0.280 e. The van der Waals surface area contributed by atoms with Crippen molar-refractivity contribution in [3.05, 3.63) is 82.4 Å². The van der Waals surface area contributed by atoms with Crippen LogP contribution >= 0.6 is 0 Å². The molecule has 0 bridgehead atoms. The molecule has 3 aromatic rings. The lowest BCUT2D eigenvalue weighted by Crippen LogP contribution is -2.20. The zero-order valence-corrected chi connectivity index (χ0v) is 13.3. The molecule has 0 aliphatic heterocycles. The number of aliphatic hydroxyl groups excluding tert-OH is 1. The first kappa shape index (κ1) is 16.8. The molecule has 1 unspecified atom stereocenters. The van der Waals surface area contributed by atoms with Crippen LogP contribution in [0.2, 0.25) is 0 Å². The molecule has 7 nitrogen and oxygen atoms in total. The summed E-state index contributed by atoms with van der Waals surface area (Å²) in [5.41, 5.74) is 1.22. The first-order chi connectivity index (χ1) is 12.1. The summed E-state index contributed by atoms with van der Waals surface area (Å²) in [6.45, 7) is 0.758. The number of benzene rings is 1. The first-order valence-corrected chi connectivity index (χ1v) is 7.76. The Kier molecular flexibility index (Phi) is 5.17. The van der Waals surface area contributed by atoms with Crippen LogP contribution in [-0.2, 0) is 6.54 Å². The normalized spacial score (nSPS) is 12.0. The maximum atomic E-state index is 11.1. The second-order valence-electron chi connectivity index (χ2n) is 5.47. The molecule has 7 heteroatoms. The minimum Gasteiger partial charge on any atom is -0.459 e. The molecule has 0 amide bonds. The van der Waals surface area contributed by atoms with Crippen molar-refractivity contribution < 1.29 is 14.4 Å². The van der Waals surface area contributed by atoms with Crippen molar-refractivity contribution in [1.29, 1.82) is 0 Å². The molecular weight excluding hydrogens is 322 g/mol. The number of aliphatic hydroxyl groups is 1. The molecular formula is C18H17N3O4. The average Bonchev–Trinajstić information content (AvgIpc) is 3.11. The highest BCUT2D eigenvalue weighted by molar-refractivity contribution is 5.69. The van der Waals surface area contributed by atoms with E-state index in [0.717, 1.165) is 5.56 Å². The van der Waals surface area contributed by atoms with Gasteiger partial charge in [0.1, 0.15) is 11.5 Å². The van der Waals surface area contributed by atoms with Gasteiger partial charge in [0, 0.05) is 25.0 Å². The highest BCUT2D eigenvalue weighted by Gasteiger charge is 2.17. The fourth-order valence-electron chi connectivity index (χ4n) is 2.49. The summed E-state index contributed by atoms with van der Waals surface area (Å²) < 4.78 is 5.69. The SMILES string of the molecule is O=[N+]([O-])c1ccccc1-c1ccc(CNCC(O)c2ccncc2)o1. The van der Waals surface area contributed by atoms with Crippen LogP contribution in [0, 0.1) is 10.1 Å². The number of aromatic nitrogens is 1. The van der Waals surface area contributed by atoms with Crippen LogP contribution in [0.5, 0.6) is 0 Å². The predicted octanol–water partition coefficient (Wildman–Crippen LogP) is 3.07. The highest BCUT2D eigenvalue weighted by Crippen LogP contribution is 2.30. The molecule has 0 radical (unpaired) electrons. The zero-order valence-electron chi connectivity index (χ0n) is 13.3. The van der Waals surface area contributed by atoms with Gasteiger partial charge in [0.05, 0.1) is 23.1 Å². The van der Waals surface area contributed by atoms with Crippen LogP contribution in [0.25, 0.3) is 11.3 Å². The summed E-state index contributed by atoms with van der Waals surface area (Å²) in [4.78, 5) is 14.6. The van der Waals surface area contributed by atoms with Crippen molar-refractivity contribution in [3.8, 4) is 11.3 Å². The molecule has 128 valence electrons. The topological polar surface area (TPSA) is 101 Å². The van der Waals surface area contributed by atoms with Gasteiger partial charge in [-0.15, -0.1) is 0 Å². The van der Waals surface area contributed by atoms with Gasteiger partial charge < -0.3 is 14.8 Å². The third kappa shape index (κ3) is 4.09. The van der Waals surface area contributed by atoms with E-state index in [9.17, 15) is 15.2 Å². The Morgan fingerprint density at radius 1 is 1.16 bits per heavy atom. The second-order valence-corrected chi connectivity index (χ2v) is 5.47. The monoisotopic (exact) mass is 339 g/mol. The van der Waals surface area contributed by atoms with Crippen molar-refractivity contribution in [1.82, 2.24) is 10.3 Å². The third-order valence-corrected chi connectivity index (χ3v) is 3.76. The molecule has 0 spiro atoms. The van der Waals surface area contributed by atoms with Crippen LogP contribution in [0.15, 0.2) is 65.3 Å². The van der Waals surface area contributed by atoms with E-state index in [2.05, 4.69) is 10.3 Å². The van der Waals surface area contributed by atoms with Gasteiger partial charge in [-0.3, -0.25) is 15.1 Å². The number of nitrogens with zero attached hydrogens (tertiary/aromatic N) is 2. The van der Waals surface area contributed by atoms with Crippen LogP contribution < -0.4 is 5.32 Å². The van der Waals surface area contributed by atoms with Gasteiger partial charge >= 0.3 is 0 Å². The Labute approximate surface area is 144 Å². The number of nitro groups is 1. The summed E-state index contributed by atoms with van der Waals surface area (Å²) in [6.07, 6.45) is 2.61. The van der Waals surface area contributed by atoms with Crippen molar-refractivity contribution in [3.63, 3.8) is 0 Å². The summed E-state index contributed by atoms with van der Waals surface area (Å²) in [5, 5.41) is 24.3. The summed E-state index contributed by atoms with van der Waals surface area (Å²) in [6, 6.07) is 13.4. The van der Waals surface area contributed by atoms with Crippen molar-refractivity contribution in [2.24, 2.45) is 0 Å². The van der Waals surface area contributed by atoms with E-state index >= 15 is 0 Å². The maximum absolute atomic E-state index is 11.1. The minimum atomic E-state index is -0.646. The molecule has 1 aromatic carbocycles. The van der Waals surface area contributed by atoms with Crippen LogP contribution in [0.1, 0.15) is 17.4 Å². The van der Waals surface area contributed by atoms with Crippen LogP contribution in [0.4, 0.5) is 5.69 Å². The minimum absolute atomic E-state index is 0.00414. The first-order valence-electron chi connectivity index (χ1n) is 7.76. The standard InChI is InChI=1S/C18H17N3O4/c22-17(13-7-9-19-10-8-13)12-20-11-14-5-6-18(25-14)15-3-1-2-4-16(15)21(23)24/h1-10,17,20,22H,11-12H2. The molecule has 0 saturated heterocycles. The fourth-order valence-corrected chi connectivity index (χ4v) is 2.49. The summed E-state index contributed by atoms with van der Waals surface area (Å²) in [7, 11) is 0. The van der Waals surface area contributed by atoms with E-state index in [1.165, 1.54) is 6.07 Å². The lowest BCUT2D eigenvalue weighted by molar-refractivity contribution is -0.384. The smallest absolute Gasteiger partial charge is 0.280 e. The van der Waals surface area contributed by atoms with Crippen LogP contribution in [-0.4, -0.2) is 21.6 Å². The lowest BCUT2D eigenvalue weighted by atomic mass is 10.1. The zero-order chi connectivity index (χ0) is 17.6. The number of para-hydroxylation sites is 1. The average molecular weight is 339 g/mol. The van der Waals surface area contributed by atoms with E-state index in [1.54, 1.807) is 54.9 Å². The number of nitrogens with one attached hydrogen (secondary N) is 1. The fraction of sp³-hybridized carbons (Fsp3) is 0.167. The van der Waals surface area contributed by atoms with Gasteiger partial charge in [-0.2, -0.15) is 0 Å². The van der Waals surface area contributed by atoms with Gasteiger partial charge in [0.15, 0.2) is 0 Å². The quantitative estimate of drug-likeness (QED) is 0.507. The van der Waals surface area contributed by atoms with E-state index in [0.29, 0.717) is 30.2 Å². The molecule has 1 atom stereocenters. The number of rotatable bonds is 7. The predicted molar refractivity (Wildman–Crippen MR) is 91.7 cm³/mol. The largest absolute Gasteiger partial charge is 0.459 e. The Balaban J connectivity index is 1.62. The molecule has 0 aliphatic rings. The Morgan fingerprint density at radius 2 is 1.92 bits per heavy atom. The molecule has 0 fully saturated rings. The van der Waals surface area contributed by atoms with Crippen molar-refractivity contribution >= 4 is 5.69 Å². The molecule has 0 saturated carbocycles. The number of hydrogen-bond donors (Lipinski definition) is 2. The molecule has 25 heavy (non-hydrogen) atoms. The van der Waals surface area contributed by atoms with Crippen molar-refractivity contribution in [2.75, 3.05) is 6.54 Å². The van der Waals surface area contributed by atoms with Crippen LogP contribution in [0.3, 0.4) is 0 Å². The van der Waals surface area contributed by atoms with Crippen molar-refractivity contribution in [2.45, 2.75) is 12.6 Å². The molecule has 2 heterocycles. The van der Waals surface area contributed by atoms with E-state index in [-0.39, 0.29) is 5.69 Å². The van der Waals surface area contributed by atoms with E-state index < -0.39 is 11.0 Å². The van der Waals surface area contributed by atoms with Gasteiger partial charge in [-0.25, -0.2) is 0 Å². The number of pyridine rings is 1. The number of nitro benzene ring substituents is 1.